The number of nitrogens with zero attached hydrogens (tertiary/aromatic N) is 1. The van der Waals surface area contributed by atoms with Gasteiger partial charge in [0.1, 0.15) is 5.16 Å². The van der Waals surface area contributed by atoms with E-state index in [0.717, 1.165) is 36.0 Å². The van der Waals surface area contributed by atoms with Crippen LogP contribution in [0, 0.1) is 11.8 Å². The molecule has 8 heteroatoms. The Kier molecular flexibility index (Phi) is 9.58. The summed E-state index contributed by atoms with van der Waals surface area (Å²) in [5.74, 6) is 0.765. The second-order valence-corrected chi connectivity index (χ2v) is 10.2. The average Bonchev–Trinajstić information content (AvgIpc) is 3.00. The number of benzene rings is 1. The lowest BCUT2D eigenvalue weighted by Gasteiger charge is -2.23. The van der Waals surface area contributed by atoms with Crippen LogP contribution in [0.4, 0.5) is 11.4 Å². The predicted octanol–water partition coefficient (Wildman–Crippen LogP) is 5.27. The fraction of sp³-hybridized carbons (Fsp3) is 0.583. The Morgan fingerprint density at radius 3 is 2.44 bits per heavy atom. The van der Waals surface area contributed by atoms with Crippen LogP contribution in [-0.2, 0) is 10.2 Å². The molecule has 178 valence electrons. The van der Waals surface area contributed by atoms with Gasteiger partial charge >= 0.3 is 0 Å². The third kappa shape index (κ3) is 6.95. The zero-order valence-corrected chi connectivity index (χ0v) is 21.5. The Bertz CT molecular complexity index is 883. The van der Waals surface area contributed by atoms with E-state index in [9.17, 15) is 4.79 Å². The summed E-state index contributed by atoms with van der Waals surface area (Å²) in [4.78, 5) is 16.0. The summed E-state index contributed by atoms with van der Waals surface area (Å²) in [5, 5.41) is 4.23. The fourth-order valence-electron chi connectivity index (χ4n) is 3.81. The number of Topliss-reactive ketones (excluding diaryl/α,β-unsaturated/α-hetero) is 1. The molecule has 1 unspecified atom stereocenters. The standard InChI is InChI=1S/C18H23Cl2N3O.C6H14N2/c1-9-15(23-17(20)16(9)10(2)24)8-22-14-6-11(18(3,4)5)12(19)7-13(14)21;1-2-6-3-4-7-8-5-6/h6-7,9,22H,8,21H2,1-5H3;6-8H,2-5H2,1H3/t;6-/m.0/s1. The zero-order valence-electron chi connectivity index (χ0n) is 20.0. The Labute approximate surface area is 202 Å². The molecule has 1 aromatic carbocycles. The molecule has 0 spiro atoms. The molecule has 3 rings (SSSR count). The van der Waals surface area contributed by atoms with E-state index in [1.54, 1.807) is 6.07 Å². The van der Waals surface area contributed by atoms with Crippen LogP contribution >= 0.6 is 23.2 Å². The molecule has 0 aromatic heterocycles. The fourth-order valence-corrected chi connectivity index (χ4v) is 4.67. The summed E-state index contributed by atoms with van der Waals surface area (Å²) < 4.78 is 0. The predicted molar refractivity (Wildman–Crippen MR) is 138 cm³/mol. The van der Waals surface area contributed by atoms with Crippen LogP contribution in [0.15, 0.2) is 27.9 Å². The van der Waals surface area contributed by atoms with Gasteiger partial charge in [0.2, 0.25) is 0 Å². The Morgan fingerprint density at radius 2 is 1.97 bits per heavy atom. The number of ketones is 1. The van der Waals surface area contributed by atoms with E-state index < -0.39 is 0 Å². The molecule has 5 N–H and O–H groups in total. The first-order valence-electron chi connectivity index (χ1n) is 11.2. The molecule has 1 saturated heterocycles. The first kappa shape index (κ1) is 26.7. The minimum atomic E-state index is -0.0990. The van der Waals surface area contributed by atoms with E-state index in [4.69, 9.17) is 28.9 Å². The smallest absolute Gasteiger partial charge is 0.159 e. The summed E-state index contributed by atoms with van der Waals surface area (Å²) in [6.45, 7) is 14.7. The summed E-state index contributed by atoms with van der Waals surface area (Å²) >= 11 is 12.4. The van der Waals surface area contributed by atoms with Crippen molar-refractivity contribution in [3.8, 4) is 0 Å². The molecule has 6 nitrogen and oxygen atoms in total. The lowest BCUT2D eigenvalue weighted by Crippen LogP contribution is -2.42. The van der Waals surface area contributed by atoms with Crippen molar-refractivity contribution in [3.63, 3.8) is 0 Å². The lowest BCUT2D eigenvalue weighted by molar-refractivity contribution is -0.113. The van der Waals surface area contributed by atoms with E-state index in [-0.39, 0.29) is 22.3 Å². The minimum Gasteiger partial charge on any atom is -0.397 e. The van der Waals surface area contributed by atoms with Crippen LogP contribution < -0.4 is 21.9 Å². The topological polar surface area (TPSA) is 91.5 Å². The van der Waals surface area contributed by atoms with Crippen molar-refractivity contribution in [3.05, 3.63) is 33.4 Å². The number of rotatable bonds is 5. The number of nitrogens with one attached hydrogen (secondary N) is 3. The number of hydrazine groups is 1. The van der Waals surface area contributed by atoms with Crippen LogP contribution in [0.2, 0.25) is 5.02 Å². The highest BCUT2D eigenvalue weighted by Crippen LogP contribution is 2.35. The Hall–Kier alpha value is -1.60. The van der Waals surface area contributed by atoms with Gasteiger partial charge in [0.05, 0.1) is 17.9 Å². The van der Waals surface area contributed by atoms with Crippen molar-refractivity contribution >= 4 is 46.1 Å². The highest BCUT2D eigenvalue weighted by atomic mass is 35.5. The quantitative estimate of drug-likeness (QED) is 0.339. The molecule has 2 aliphatic rings. The van der Waals surface area contributed by atoms with E-state index >= 15 is 0 Å². The number of nitrogen functional groups attached to an aromatic ring is 1. The van der Waals surface area contributed by atoms with Gasteiger partial charge in [0.25, 0.3) is 0 Å². The first-order chi connectivity index (χ1) is 15.0. The van der Waals surface area contributed by atoms with Gasteiger partial charge in [-0.1, -0.05) is 64.2 Å². The van der Waals surface area contributed by atoms with Gasteiger partial charge in [0.15, 0.2) is 5.78 Å². The van der Waals surface area contributed by atoms with Crippen molar-refractivity contribution in [2.45, 2.75) is 59.8 Å². The number of aliphatic imine (C=N–C) groups is 1. The number of hydrogen-bond acceptors (Lipinski definition) is 6. The maximum Gasteiger partial charge on any atom is 0.159 e. The number of carbonyl (C=O) groups is 1. The second kappa shape index (κ2) is 11.5. The van der Waals surface area contributed by atoms with Crippen molar-refractivity contribution in [1.29, 1.82) is 0 Å². The SMILES string of the molecule is CC(=O)C1=C(Cl)N=C(CNc2cc(C(C)(C)C)c(Cl)cc2N)C1C.CC[C@H]1CCNNC1. The molecule has 0 saturated carbocycles. The van der Waals surface area contributed by atoms with Crippen LogP contribution in [0.25, 0.3) is 0 Å². The van der Waals surface area contributed by atoms with Gasteiger partial charge in [-0.05, 0) is 42.4 Å². The average molecular weight is 483 g/mol. The van der Waals surface area contributed by atoms with Crippen LogP contribution in [0.5, 0.6) is 0 Å². The molecule has 1 fully saturated rings. The van der Waals surface area contributed by atoms with E-state index in [0.29, 0.717) is 22.8 Å². The molecule has 0 amide bonds. The second-order valence-electron chi connectivity index (χ2n) is 9.48. The summed E-state index contributed by atoms with van der Waals surface area (Å²) in [5.41, 5.74) is 16.0. The van der Waals surface area contributed by atoms with E-state index in [1.165, 1.54) is 19.8 Å². The summed E-state index contributed by atoms with van der Waals surface area (Å²) in [7, 11) is 0. The van der Waals surface area contributed by atoms with Gasteiger partial charge < -0.3 is 11.1 Å². The first-order valence-corrected chi connectivity index (χ1v) is 12.0. The molecule has 2 heterocycles. The molecule has 1 aromatic rings. The molecular weight excluding hydrogens is 445 g/mol. The van der Waals surface area contributed by atoms with Crippen molar-refractivity contribution in [1.82, 2.24) is 10.9 Å². The van der Waals surface area contributed by atoms with Crippen molar-refractivity contribution in [2.24, 2.45) is 16.8 Å². The third-order valence-electron chi connectivity index (χ3n) is 5.95. The summed E-state index contributed by atoms with van der Waals surface area (Å²) in [6, 6.07) is 3.73. The highest BCUT2D eigenvalue weighted by molar-refractivity contribution is 6.34. The maximum atomic E-state index is 11.7. The molecule has 32 heavy (non-hydrogen) atoms. The molecule has 0 aliphatic carbocycles. The normalized spacial score (nSPS) is 21.1. The van der Waals surface area contributed by atoms with Gasteiger partial charge in [-0.25, -0.2) is 4.99 Å². The molecular formula is C24H37Cl2N5O. The van der Waals surface area contributed by atoms with E-state index in [1.807, 2.05) is 13.0 Å². The highest BCUT2D eigenvalue weighted by Gasteiger charge is 2.28. The van der Waals surface area contributed by atoms with Crippen LogP contribution in [0.3, 0.4) is 0 Å². The Balaban J connectivity index is 0.000000380. The minimum absolute atomic E-state index is 0.0488. The van der Waals surface area contributed by atoms with Crippen molar-refractivity contribution in [2.75, 3.05) is 30.7 Å². The van der Waals surface area contributed by atoms with Crippen LogP contribution in [-0.4, -0.2) is 31.1 Å². The molecule has 2 aliphatic heterocycles. The Morgan fingerprint density at radius 1 is 1.28 bits per heavy atom. The van der Waals surface area contributed by atoms with Gasteiger partial charge in [-0.15, -0.1) is 0 Å². The van der Waals surface area contributed by atoms with E-state index in [2.05, 4.69) is 48.9 Å². The zero-order chi connectivity index (χ0) is 24.1. The number of nitrogens with two attached hydrogens (primary N) is 1. The van der Waals surface area contributed by atoms with Gasteiger partial charge in [-0.2, -0.15) is 0 Å². The number of halogens is 2. The lowest BCUT2D eigenvalue weighted by atomic mass is 9.86. The molecule has 2 atom stereocenters. The monoisotopic (exact) mass is 481 g/mol. The third-order valence-corrected chi connectivity index (χ3v) is 6.55. The summed E-state index contributed by atoms with van der Waals surface area (Å²) in [6.07, 6.45) is 2.65. The van der Waals surface area contributed by atoms with Crippen molar-refractivity contribution < 1.29 is 4.79 Å². The van der Waals surface area contributed by atoms with Gasteiger partial charge in [0, 0.05) is 35.3 Å². The number of hydrogen-bond donors (Lipinski definition) is 4. The van der Waals surface area contributed by atoms with Crippen LogP contribution in [0.1, 0.15) is 59.9 Å². The number of anilines is 2. The number of allylic oxidation sites excluding steroid dienone is 1. The largest absolute Gasteiger partial charge is 0.397 e. The molecule has 0 radical (unpaired) electrons. The molecule has 0 bridgehead atoms. The van der Waals surface area contributed by atoms with Gasteiger partial charge in [-0.3, -0.25) is 15.6 Å². The number of carbonyl (C=O) groups excluding carboxylic acids is 1. The maximum absolute atomic E-state index is 11.7.